The van der Waals surface area contributed by atoms with E-state index in [0.29, 0.717) is 13.0 Å². The number of amides is 1. The Balaban J connectivity index is 2.27. The number of ether oxygens (including phenoxy) is 1. The summed E-state index contributed by atoms with van der Waals surface area (Å²) in [5.74, 6) is -1.11. The Morgan fingerprint density at radius 1 is 1.26 bits per heavy atom. The molecule has 5 nitrogen and oxygen atoms in total. The molecule has 0 aliphatic heterocycles. The van der Waals surface area contributed by atoms with E-state index >= 15 is 0 Å². The fourth-order valence-corrected chi connectivity index (χ4v) is 1.58. The molecule has 0 saturated carbocycles. The highest BCUT2D eigenvalue weighted by atomic mass is 16.5. The lowest BCUT2D eigenvalue weighted by molar-refractivity contribution is -0.142. The number of nitrogens with one attached hydrogen (secondary N) is 1. The summed E-state index contributed by atoms with van der Waals surface area (Å²) in [7, 11) is 0. The van der Waals surface area contributed by atoms with Crippen molar-refractivity contribution in [1.29, 1.82) is 0 Å². The minimum atomic E-state index is -1.01. The molecule has 0 saturated heterocycles. The molecule has 0 radical (unpaired) electrons. The zero-order valence-corrected chi connectivity index (χ0v) is 11.2. The molecule has 2 N–H and O–H groups in total. The van der Waals surface area contributed by atoms with Crippen LogP contribution in [0.3, 0.4) is 0 Å². The first-order valence-corrected chi connectivity index (χ1v) is 6.11. The van der Waals surface area contributed by atoms with E-state index in [2.05, 4.69) is 5.32 Å². The maximum absolute atomic E-state index is 11.6. The molecule has 1 amide bonds. The number of aryl methyl sites for hydroxylation is 2. The number of aliphatic carboxylic acids is 1. The van der Waals surface area contributed by atoms with Gasteiger partial charge in [0, 0.05) is 6.54 Å². The van der Waals surface area contributed by atoms with Crippen LogP contribution in [0.15, 0.2) is 18.2 Å². The molecule has 1 rings (SSSR count). The van der Waals surface area contributed by atoms with E-state index in [-0.39, 0.29) is 19.1 Å². The van der Waals surface area contributed by atoms with Crippen LogP contribution in [0.1, 0.15) is 16.7 Å². The number of hydrogen-bond acceptors (Lipinski definition) is 3. The van der Waals surface area contributed by atoms with Crippen molar-refractivity contribution in [2.75, 3.05) is 19.8 Å². The highest BCUT2D eigenvalue weighted by Crippen LogP contribution is 2.10. The summed E-state index contributed by atoms with van der Waals surface area (Å²) in [6.45, 7) is 4.21. The van der Waals surface area contributed by atoms with Crippen molar-refractivity contribution < 1.29 is 19.4 Å². The van der Waals surface area contributed by atoms with Crippen molar-refractivity contribution >= 4 is 11.9 Å². The zero-order valence-electron chi connectivity index (χ0n) is 11.2. The van der Waals surface area contributed by atoms with Gasteiger partial charge in [-0.05, 0) is 30.5 Å². The summed E-state index contributed by atoms with van der Waals surface area (Å²) >= 11 is 0. The fourth-order valence-electron chi connectivity index (χ4n) is 1.58. The predicted molar refractivity (Wildman–Crippen MR) is 71.1 cm³/mol. The van der Waals surface area contributed by atoms with E-state index < -0.39 is 5.97 Å². The normalized spacial score (nSPS) is 10.2. The highest BCUT2D eigenvalue weighted by molar-refractivity contribution is 5.78. The van der Waals surface area contributed by atoms with Gasteiger partial charge in [-0.2, -0.15) is 0 Å². The molecule has 19 heavy (non-hydrogen) atoms. The number of rotatable bonds is 7. The molecule has 0 spiro atoms. The van der Waals surface area contributed by atoms with E-state index in [0.717, 1.165) is 11.1 Å². The fraction of sp³-hybridized carbons (Fsp3) is 0.429. The Morgan fingerprint density at radius 3 is 2.63 bits per heavy atom. The Bertz CT molecular complexity index is 457. The third-order valence-corrected chi connectivity index (χ3v) is 2.73. The summed E-state index contributed by atoms with van der Waals surface area (Å²) in [6, 6.07) is 5.92. The van der Waals surface area contributed by atoms with Gasteiger partial charge in [-0.1, -0.05) is 18.2 Å². The van der Waals surface area contributed by atoms with Crippen molar-refractivity contribution in [2.45, 2.75) is 20.3 Å². The molecular weight excluding hydrogens is 246 g/mol. The van der Waals surface area contributed by atoms with Crippen molar-refractivity contribution in [3.8, 4) is 0 Å². The maximum atomic E-state index is 11.6. The lowest BCUT2D eigenvalue weighted by Crippen LogP contribution is -2.29. The highest BCUT2D eigenvalue weighted by Gasteiger charge is 2.04. The minimum Gasteiger partial charge on any atom is -0.480 e. The predicted octanol–water partition coefficient (Wildman–Crippen LogP) is 1.06. The van der Waals surface area contributed by atoms with Crippen LogP contribution in [0.2, 0.25) is 0 Å². The van der Waals surface area contributed by atoms with Crippen LogP contribution in [0.4, 0.5) is 0 Å². The Kier molecular flexibility index (Phi) is 6.02. The van der Waals surface area contributed by atoms with Crippen LogP contribution in [0.25, 0.3) is 0 Å². The topological polar surface area (TPSA) is 75.6 Å². The number of carboxylic acids is 1. The van der Waals surface area contributed by atoms with Gasteiger partial charge in [-0.3, -0.25) is 4.79 Å². The summed E-state index contributed by atoms with van der Waals surface area (Å²) in [6.07, 6.45) is 0.319. The Hall–Kier alpha value is -1.88. The Labute approximate surface area is 112 Å². The molecule has 0 unspecified atom stereocenters. The van der Waals surface area contributed by atoms with Gasteiger partial charge in [0.15, 0.2) is 0 Å². The van der Waals surface area contributed by atoms with Gasteiger partial charge in [0.2, 0.25) is 5.91 Å². The van der Waals surface area contributed by atoms with E-state index in [1.54, 1.807) is 0 Å². The largest absolute Gasteiger partial charge is 0.480 e. The molecular formula is C14H19NO4. The van der Waals surface area contributed by atoms with Gasteiger partial charge in [0.25, 0.3) is 0 Å². The first kappa shape index (κ1) is 15.2. The van der Waals surface area contributed by atoms with Gasteiger partial charge in [0.05, 0.1) is 13.0 Å². The molecule has 0 aliphatic carbocycles. The Morgan fingerprint density at radius 2 is 2.00 bits per heavy atom. The molecule has 1 aromatic rings. The maximum Gasteiger partial charge on any atom is 0.329 e. The first-order chi connectivity index (χ1) is 8.99. The minimum absolute atomic E-state index is 0.0952. The van der Waals surface area contributed by atoms with Crippen LogP contribution in [-0.2, 0) is 20.7 Å². The summed E-state index contributed by atoms with van der Waals surface area (Å²) in [5.41, 5.74) is 3.33. The van der Waals surface area contributed by atoms with Gasteiger partial charge in [0.1, 0.15) is 6.61 Å². The van der Waals surface area contributed by atoms with Crippen molar-refractivity contribution in [3.63, 3.8) is 0 Å². The van der Waals surface area contributed by atoms with Gasteiger partial charge >= 0.3 is 5.97 Å². The number of carbonyl (C=O) groups excluding carboxylic acids is 1. The van der Waals surface area contributed by atoms with Gasteiger partial charge < -0.3 is 15.2 Å². The number of carbonyl (C=O) groups is 2. The quantitative estimate of drug-likeness (QED) is 0.723. The van der Waals surface area contributed by atoms with E-state index in [9.17, 15) is 9.59 Å². The molecule has 0 atom stereocenters. The van der Waals surface area contributed by atoms with Crippen molar-refractivity contribution in [1.82, 2.24) is 5.32 Å². The third kappa shape index (κ3) is 6.01. The van der Waals surface area contributed by atoms with Crippen LogP contribution in [0.5, 0.6) is 0 Å². The van der Waals surface area contributed by atoms with E-state index in [1.807, 2.05) is 32.0 Å². The van der Waals surface area contributed by atoms with Crippen molar-refractivity contribution in [2.24, 2.45) is 0 Å². The number of carboxylic acid groups (broad SMARTS) is 1. The molecule has 0 heterocycles. The average Bonchev–Trinajstić information content (AvgIpc) is 2.33. The molecule has 1 aromatic carbocycles. The molecule has 0 aromatic heterocycles. The monoisotopic (exact) mass is 265 g/mol. The summed E-state index contributed by atoms with van der Waals surface area (Å²) < 4.78 is 4.82. The lowest BCUT2D eigenvalue weighted by atomic mass is 10.0. The van der Waals surface area contributed by atoms with Crippen LogP contribution in [0, 0.1) is 13.8 Å². The number of benzene rings is 1. The van der Waals surface area contributed by atoms with Crippen LogP contribution < -0.4 is 5.32 Å². The zero-order chi connectivity index (χ0) is 14.3. The average molecular weight is 265 g/mol. The van der Waals surface area contributed by atoms with E-state index in [1.165, 1.54) is 5.56 Å². The van der Waals surface area contributed by atoms with Gasteiger partial charge in [-0.25, -0.2) is 4.79 Å². The summed E-state index contributed by atoms with van der Waals surface area (Å²) in [4.78, 5) is 21.8. The lowest BCUT2D eigenvalue weighted by Gasteiger charge is -2.07. The molecule has 0 aliphatic rings. The molecule has 0 bridgehead atoms. The molecule has 0 fully saturated rings. The van der Waals surface area contributed by atoms with Crippen LogP contribution >= 0.6 is 0 Å². The van der Waals surface area contributed by atoms with Crippen molar-refractivity contribution in [3.05, 3.63) is 34.9 Å². The molecule has 104 valence electrons. The van der Waals surface area contributed by atoms with E-state index in [4.69, 9.17) is 9.84 Å². The summed E-state index contributed by atoms with van der Waals surface area (Å²) in [5, 5.41) is 11.0. The SMILES string of the molecule is Cc1ccc(CC(=O)NCCOCC(=O)O)cc1C. The standard InChI is InChI=1S/C14H19NO4/c1-10-3-4-12(7-11(10)2)8-13(16)15-5-6-19-9-14(17)18/h3-4,7H,5-6,8-9H2,1-2H3,(H,15,16)(H,17,18). The third-order valence-electron chi connectivity index (χ3n) is 2.73. The molecule has 5 heteroatoms. The first-order valence-electron chi connectivity index (χ1n) is 6.11. The second-order valence-corrected chi connectivity index (χ2v) is 4.39. The second-order valence-electron chi connectivity index (χ2n) is 4.39. The number of hydrogen-bond donors (Lipinski definition) is 2. The second kappa shape index (κ2) is 7.53. The smallest absolute Gasteiger partial charge is 0.329 e. The van der Waals surface area contributed by atoms with Gasteiger partial charge in [-0.15, -0.1) is 0 Å². The van der Waals surface area contributed by atoms with Crippen LogP contribution in [-0.4, -0.2) is 36.7 Å².